The van der Waals surface area contributed by atoms with Crippen LogP contribution in [0.5, 0.6) is 17.2 Å². The van der Waals surface area contributed by atoms with Gasteiger partial charge in [0.1, 0.15) is 18.2 Å². The maximum Gasteiger partial charge on any atom is 0.264 e. The van der Waals surface area contributed by atoms with Crippen LogP contribution in [-0.4, -0.2) is 46.6 Å². The quantitative estimate of drug-likeness (QED) is 0.429. The van der Waals surface area contributed by atoms with Crippen molar-refractivity contribution in [2.75, 3.05) is 19.7 Å². The Morgan fingerprint density at radius 3 is 2.79 bits per heavy atom. The van der Waals surface area contributed by atoms with Crippen molar-refractivity contribution < 1.29 is 19.4 Å². The number of amides is 1. The number of ether oxygens (including phenoxy) is 2. The van der Waals surface area contributed by atoms with Gasteiger partial charge in [0.25, 0.3) is 5.91 Å². The Bertz CT molecular complexity index is 1280. The average Bonchev–Trinajstić information content (AvgIpc) is 3.12. The fourth-order valence-corrected chi connectivity index (χ4v) is 4.31. The minimum absolute atomic E-state index is 0.167. The average molecular weight is 523 g/mol. The van der Waals surface area contributed by atoms with E-state index in [1.54, 1.807) is 24.4 Å². The first-order chi connectivity index (χ1) is 16.6. The Hall–Kier alpha value is -3.72. The number of carbonyl (C=O) groups excluding carboxylic acids is 1. The zero-order chi connectivity index (χ0) is 23.5. The highest BCUT2D eigenvalue weighted by Gasteiger charge is 2.27. The number of allylic oxidation sites excluding steroid dienone is 3. The Kier molecular flexibility index (Phi) is 6.27. The molecule has 0 saturated carbocycles. The van der Waals surface area contributed by atoms with Gasteiger partial charge < -0.3 is 25.2 Å². The molecule has 9 heteroatoms. The molecule has 0 radical (unpaired) electrons. The molecule has 2 aliphatic heterocycles. The van der Waals surface area contributed by atoms with Crippen LogP contribution >= 0.6 is 15.9 Å². The lowest BCUT2D eigenvalue weighted by Gasteiger charge is -2.25. The Labute approximate surface area is 205 Å². The van der Waals surface area contributed by atoms with Gasteiger partial charge >= 0.3 is 0 Å². The van der Waals surface area contributed by atoms with Crippen LogP contribution in [0.2, 0.25) is 0 Å². The van der Waals surface area contributed by atoms with Gasteiger partial charge in [-0.1, -0.05) is 36.4 Å². The van der Waals surface area contributed by atoms with E-state index in [2.05, 4.69) is 37.7 Å². The van der Waals surface area contributed by atoms with Crippen molar-refractivity contribution in [2.45, 2.75) is 12.5 Å². The van der Waals surface area contributed by atoms with E-state index < -0.39 is 6.10 Å². The summed E-state index contributed by atoms with van der Waals surface area (Å²) in [6, 6.07) is 14.5. The zero-order valence-electron chi connectivity index (χ0n) is 18.2. The summed E-state index contributed by atoms with van der Waals surface area (Å²) in [5.74, 6) is 1.93. The number of phenols is 1. The van der Waals surface area contributed by atoms with Crippen molar-refractivity contribution in [3.8, 4) is 17.2 Å². The molecule has 1 amide bonds. The lowest BCUT2D eigenvalue weighted by Crippen LogP contribution is -2.45. The van der Waals surface area contributed by atoms with E-state index in [-0.39, 0.29) is 18.3 Å². The second kappa shape index (κ2) is 9.64. The number of hydrogen-bond acceptors (Lipinski definition) is 6. The van der Waals surface area contributed by atoms with Crippen LogP contribution in [-0.2, 0) is 11.2 Å². The summed E-state index contributed by atoms with van der Waals surface area (Å²) in [5, 5.41) is 21.1. The fraction of sp³-hybridized carbons (Fsp3) is 0.200. The van der Waals surface area contributed by atoms with Crippen LogP contribution in [0.25, 0.3) is 11.4 Å². The molecule has 0 spiro atoms. The first kappa shape index (κ1) is 22.1. The standard InChI is InChI=1S/C25H23BrN4O4/c26-18-14-29-30-19(18)10-9-16(17-5-1-2-6-20(17)31)13-24(30)27-11-12-28-25(32)23-15-33-21-7-3-4-8-22(21)34-23/h1-9,13-14,23,27,31H,10-12,15H2,(H,28,32). The summed E-state index contributed by atoms with van der Waals surface area (Å²) >= 11 is 3.56. The Morgan fingerprint density at radius 1 is 1.15 bits per heavy atom. The number of aromatic hydroxyl groups is 1. The summed E-state index contributed by atoms with van der Waals surface area (Å²) < 4.78 is 14.1. The predicted molar refractivity (Wildman–Crippen MR) is 131 cm³/mol. The summed E-state index contributed by atoms with van der Waals surface area (Å²) in [6.07, 6.45) is 5.70. The SMILES string of the molecule is O=C(NCCNC1=CC(c2ccccc2O)=CCc2c(Br)cnn21)C1COc2ccccc2O1. The number of phenolic OH excluding ortho intramolecular Hbond substituents is 1. The number of nitrogens with one attached hydrogen (secondary N) is 2. The highest BCUT2D eigenvalue weighted by atomic mass is 79.9. The molecule has 174 valence electrons. The topological polar surface area (TPSA) is 97.6 Å². The van der Waals surface area contributed by atoms with E-state index in [4.69, 9.17) is 9.47 Å². The summed E-state index contributed by atoms with van der Waals surface area (Å²) in [4.78, 5) is 12.6. The van der Waals surface area contributed by atoms with E-state index in [9.17, 15) is 9.90 Å². The molecule has 2 aliphatic rings. The molecule has 1 aromatic heterocycles. The number of halogens is 1. The summed E-state index contributed by atoms with van der Waals surface area (Å²) in [6.45, 7) is 1.01. The Morgan fingerprint density at radius 2 is 1.94 bits per heavy atom. The third-order valence-corrected chi connectivity index (χ3v) is 6.26. The van der Waals surface area contributed by atoms with E-state index in [1.165, 1.54) is 0 Å². The molecule has 0 bridgehead atoms. The number of nitrogens with zero attached hydrogens (tertiary/aromatic N) is 2. The maximum atomic E-state index is 12.6. The number of fused-ring (bicyclic) bond motifs is 2. The molecular formula is C25H23BrN4O4. The highest BCUT2D eigenvalue weighted by Crippen LogP contribution is 2.32. The van der Waals surface area contributed by atoms with Gasteiger partial charge in [0.05, 0.1) is 16.4 Å². The van der Waals surface area contributed by atoms with Crippen molar-refractivity contribution in [2.24, 2.45) is 0 Å². The van der Waals surface area contributed by atoms with E-state index in [0.29, 0.717) is 31.0 Å². The number of hydrogen-bond donors (Lipinski definition) is 3. The number of rotatable bonds is 6. The molecule has 3 aromatic rings. The maximum absolute atomic E-state index is 12.6. The molecule has 34 heavy (non-hydrogen) atoms. The van der Waals surface area contributed by atoms with Crippen LogP contribution in [0.4, 0.5) is 0 Å². The molecule has 5 rings (SSSR count). The number of carbonyl (C=O) groups is 1. The molecule has 0 saturated heterocycles. The number of para-hydroxylation sites is 3. The summed E-state index contributed by atoms with van der Waals surface area (Å²) in [7, 11) is 0. The van der Waals surface area contributed by atoms with E-state index >= 15 is 0 Å². The van der Waals surface area contributed by atoms with Crippen LogP contribution in [0.1, 0.15) is 11.3 Å². The van der Waals surface area contributed by atoms with Gasteiger partial charge in [0.2, 0.25) is 6.10 Å². The van der Waals surface area contributed by atoms with Crippen molar-refractivity contribution in [1.82, 2.24) is 20.4 Å². The fourth-order valence-electron chi connectivity index (χ4n) is 3.89. The molecule has 0 aliphatic carbocycles. The molecule has 1 unspecified atom stereocenters. The van der Waals surface area contributed by atoms with Crippen LogP contribution in [0, 0.1) is 0 Å². The Balaban J connectivity index is 1.24. The molecule has 1 atom stereocenters. The van der Waals surface area contributed by atoms with Gasteiger partial charge in [-0.25, -0.2) is 4.68 Å². The van der Waals surface area contributed by atoms with Gasteiger partial charge in [-0.3, -0.25) is 4.79 Å². The van der Waals surface area contributed by atoms with Gasteiger partial charge in [0.15, 0.2) is 11.5 Å². The molecule has 3 heterocycles. The lowest BCUT2D eigenvalue weighted by molar-refractivity contribution is -0.130. The van der Waals surface area contributed by atoms with Gasteiger partial charge in [-0.2, -0.15) is 5.10 Å². The van der Waals surface area contributed by atoms with Gasteiger partial charge in [0, 0.05) is 25.1 Å². The van der Waals surface area contributed by atoms with Crippen LogP contribution in [0.15, 0.2) is 71.4 Å². The van der Waals surface area contributed by atoms with Crippen molar-refractivity contribution in [3.05, 3.63) is 82.6 Å². The normalized spacial score (nSPS) is 16.6. The third kappa shape index (κ3) is 4.51. The second-order valence-corrected chi connectivity index (χ2v) is 8.70. The van der Waals surface area contributed by atoms with Crippen molar-refractivity contribution >= 4 is 33.2 Å². The van der Waals surface area contributed by atoms with E-state index in [0.717, 1.165) is 27.1 Å². The van der Waals surface area contributed by atoms with Gasteiger partial charge in [-0.05, 0) is 45.8 Å². The highest BCUT2D eigenvalue weighted by molar-refractivity contribution is 9.10. The predicted octanol–water partition coefficient (Wildman–Crippen LogP) is 3.34. The molecule has 8 nitrogen and oxygen atoms in total. The molecule has 2 aromatic carbocycles. The zero-order valence-corrected chi connectivity index (χ0v) is 19.8. The first-order valence-electron chi connectivity index (χ1n) is 10.9. The first-order valence-corrected chi connectivity index (χ1v) is 11.7. The minimum Gasteiger partial charge on any atom is -0.507 e. The largest absolute Gasteiger partial charge is 0.507 e. The summed E-state index contributed by atoms with van der Waals surface area (Å²) in [5.41, 5.74) is 2.61. The number of aromatic nitrogens is 2. The molecular weight excluding hydrogens is 500 g/mol. The lowest BCUT2D eigenvalue weighted by atomic mass is 10.0. The van der Waals surface area contributed by atoms with Gasteiger partial charge in [-0.15, -0.1) is 0 Å². The third-order valence-electron chi connectivity index (χ3n) is 5.60. The minimum atomic E-state index is -0.698. The van der Waals surface area contributed by atoms with Crippen LogP contribution in [0.3, 0.4) is 0 Å². The van der Waals surface area contributed by atoms with E-state index in [1.807, 2.05) is 41.1 Å². The smallest absolute Gasteiger partial charge is 0.264 e. The van der Waals surface area contributed by atoms with Crippen molar-refractivity contribution in [3.63, 3.8) is 0 Å². The molecule has 3 N–H and O–H groups in total. The second-order valence-electron chi connectivity index (χ2n) is 7.84. The van der Waals surface area contributed by atoms with Crippen molar-refractivity contribution in [1.29, 1.82) is 0 Å². The van der Waals surface area contributed by atoms with Crippen LogP contribution < -0.4 is 20.1 Å². The molecule has 0 fully saturated rings. The monoisotopic (exact) mass is 522 g/mol. The number of benzene rings is 2.